The fourth-order valence-electron chi connectivity index (χ4n) is 3.32. The van der Waals surface area contributed by atoms with E-state index in [9.17, 15) is 4.79 Å². The van der Waals surface area contributed by atoms with Crippen molar-refractivity contribution < 1.29 is 9.21 Å². The molecular weight excluding hydrogens is 264 g/mol. The summed E-state index contributed by atoms with van der Waals surface area (Å²) in [5.41, 5.74) is 0. The number of carbonyl (C=O) groups is 1. The molecule has 1 aromatic heterocycles. The summed E-state index contributed by atoms with van der Waals surface area (Å²) in [6.07, 6.45) is 4.37. The Labute approximate surface area is 126 Å². The number of carbonyl (C=O) groups excluding carboxylic acids is 1. The van der Waals surface area contributed by atoms with Crippen molar-refractivity contribution in [2.75, 3.05) is 13.1 Å². The Morgan fingerprint density at radius 1 is 1.38 bits per heavy atom. The molecular formula is C17H26N2O2. The van der Waals surface area contributed by atoms with Gasteiger partial charge in [0.25, 0.3) is 0 Å². The van der Waals surface area contributed by atoms with E-state index in [1.165, 1.54) is 0 Å². The van der Waals surface area contributed by atoms with Crippen molar-refractivity contribution in [3.63, 3.8) is 0 Å². The quantitative estimate of drug-likeness (QED) is 0.907. The average Bonchev–Trinajstić information content (AvgIpc) is 3.27. The molecule has 1 aliphatic carbocycles. The molecule has 2 fully saturated rings. The Kier molecular flexibility index (Phi) is 4.34. The zero-order valence-electron chi connectivity index (χ0n) is 13.1. The number of nitrogens with zero attached hydrogens (tertiary/aromatic N) is 1. The lowest BCUT2D eigenvalue weighted by Crippen LogP contribution is -2.51. The Morgan fingerprint density at radius 3 is 2.81 bits per heavy atom. The van der Waals surface area contributed by atoms with Gasteiger partial charge in [0.05, 0.1) is 6.54 Å². The summed E-state index contributed by atoms with van der Waals surface area (Å²) in [5.74, 6) is 3.26. The van der Waals surface area contributed by atoms with Gasteiger partial charge in [0.1, 0.15) is 11.5 Å². The summed E-state index contributed by atoms with van der Waals surface area (Å²) in [5, 5.41) is 3.62. The van der Waals surface area contributed by atoms with Crippen LogP contribution in [0.1, 0.15) is 44.1 Å². The van der Waals surface area contributed by atoms with Gasteiger partial charge in [-0.05, 0) is 44.2 Å². The number of furan rings is 1. The average molecular weight is 290 g/mol. The van der Waals surface area contributed by atoms with E-state index in [2.05, 4.69) is 17.1 Å². The molecule has 0 radical (unpaired) electrons. The van der Waals surface area contributed by atoms with Gasteiger partial charge in [-0.25, -0.2) is 0 Å². The molecule has 1 saturated carbocycles. The maximum Gasteiger partial charge on any atom is 0.225 e. The topological polar surface area (TPSA) is 45.5 Å². The molecule has 1 aliphatic heterocycles. The van der Waals surface area contributed by atoms with Crippen LogP contribution in [0.15, 0.2) is 16.5 Å². The van der Waals surface area contributed by atoms with Crippen molar-refractivity contribution in [1.29, 1.82) is 0 Å². The van der Waals surface area contributed by atoms with E-state index in [1.807, 2.05) is 19.1 Å². The summed E-state index contributed by atoms with van der Waals surface area (Å²) in [6, 6.07) is 4.53. The van der Waals surface area contributed by atoms with Crippen LogP contribution in [0.25, 0.3) is 0 Å². The first-order valence-electron chi connectivity index (χ1n) is 8.25. The third-order valence-corrected chi connectivity index (χ3v) is 4.83. The summed E-state index contributed by atoms with van der Waals surface area (Å²) in [7, 11) is 0. The molecule has 1 N–H and O–H groups in total. The van der Waals surface area contributed by atoms with Crippen LogP contribution in [0.5, 0.6) is 0 Å². The van der Waals surface area contributed by atoms with E-state index in [-0.39, 0.29) is 0 Å². The van der Waals surface area contributed by atoms with E-state index in [0.717, 1.165) is 56.8 Å². The normalized spacial score (nSPS) is 26.1. The first kappa shape index (κ1) is 14.6. The van der Waals surface area contributed by atoms with Gasteiger partial charge in [0.2, 0.25) is 5.91 Å². The highest BCUT2D eigenvalue weighted by molar-refractivity contribution is 5.81. The largest absolute Gasteiger partial charge is 0.465 e. The van der Waals surface area contributed by atoms with E-state index in [1.54, 1.807) is 0 Å². The highest BCUT2D eigenvalue weighted by Gasteiger charge is 2.37. The zero-order valence-corrected chi connectivity index (χ0v) is 13.1. The minimum atomic E-state index is 0.345. The summed E-state index contributed by atoms with van der Waals surface area (Å²) < 4.78 is 5.62. The van der Waals surface area contributed by atoms with E-state index < -0.39 is 0 Å². The number of aryl methyl sites for hydroxylation is 1. The van der Waals surface area contributed by atoms with Crippen LogP contribution in [0, 0.1) is 18.8 Å². The van der Waals surface area contributed by atoms with Gasteiger partial charge >= 0.3 is 0 Å². The van der Waals surface area contributed by atoms with Crippen molar-refractivity contribution >= 4 is 5.91 Å². The highest BCUT2D eigenvalue weighted by atomic mass is 16.3. The number of piperidine rings is 1. The van der Waals surface area contributed by atoms with Gasteiger partial charge in [-0.2, -0.15) is 0 Å². The van der Waals surface area contributed by atoms with E-state index in [4.69, 9.17) is 4.42 Å². The van der Waals surface area contributed by atoms with E-state index >= 15 is 0 Å². The molecule has 0 bridgehead atoms. The Hall–Kier alpha value is -1.29. The third-order valence-electron chi connectivity index (χ3n) is 4.83. The Balaban J connectivity index is 1.52. The summed E-state index contributed by atoms with van der Waals surface area (Å²) in [6.45, 7) is 6.80. The lowest BCUT2D eigenvalue weighted by atomic mass is 9.89. The molecule has 4 heteroatoms. The molecule has 1 aromatic rings. The molecule has 21 heavy (non-hydrogen) atoms. The summed E-state index contributed by atoms with van der Waals surface area (Å²) >= 11 is 0. The Morgan fingerprint density at radius 2 is 2.19 bits per heavy atom. The maximum absolute atomic E-state index is 12.2. The van der Waals surface area contributed by atoms with Crippen LogP contribution in [0.3, 0.4) is 0 Å². The number of likely N-dealkylation sites (tertiary alicyclic amines) is 1. The zero-order chi connectivity index (χ0) is 14.8. The van der Waals surface area contributed by atoms with Crippen LogP contribution in [0.2, 0.25) is 0 Å². The second-order valence-electron chi connectivity index (χ2n) is 6.52. The molecule has 0 unspecified atom stereocenters. The fourth-order valence-corrected chi connectivity index (χ4v) is 3.32. The third kappa shape index (κ3) is 3.49. The monoisotopic (exact) mass is 290 g/mol. The fraction of sp³-hybridized carbons (Fsp3) is 0.706. The molecule has 116 valence electrons. The van der Waals surface area contributed by atoms with Gasteiger partial charge in [-0.1, -0.05) is 13.3 Å². The molecule has 2 aliphatic rings. The van der Waals surface area contributed by atoms with Crippen LogP contribution in [0.4, 0.5) is 0 Å². The molecule has 3 rings (SSSR count). The van der Waals surface area contributed by atoms with Gasteiger partial charge in [-0.3, -0.25) is 4.79 Å². The Bertz CT molecular complexity index is 493. The SMILES string of the molecule is CC[C@H]1CN(C(=O)C2CC2)CC[C@H]1NCc1ccc(C)o1. The predicted molar refractivity (Wildman–Crippen MR) is 81.8 cm³/mol. The number of hydrogen-bond acceptors (Lipinski definition) is 3. The lowest BCUT2D eigenvalue weighted by molar-refractivity contribution is -0.134. The first-order chi connectivity index (χ1) is 10.2. The predicted octanol–water partition coefficient (Wildman–Crippen LogP) is 2.71. The van der Waals surface area contributed by atoms with Crippen molar-refractivity contribution in [2.45, 2.75) is 52.1 Å². The van der Waals surface area contributed by atoms with Gasteiger partial charge in [0, 0.05) is 25.0 Å². The van der Waals surface area contributed by atoms with Crippen LogP contribution in [-0.4, -0.2) is 29.9 Å². The highest BCUT2D eigenvalue weighted by Crippen LogP contribution is 2.33. The molecule has 0 aromatic carbocycles. The van der Waals surface area contributed by atoms with Crippen molar-refractivity contribution in [2.24, 2.45) is 11.8 Å². The second kappa shape index (κ2) is 6.22. The van der Waals surface area contributed by atoms with Crippen LogP contribution >= 0.6 is 0 Å². The second-order valence-corrected chi connectivity index (χ2v) is 6.52. The lowest BCUT2D eigenvalue weighted by Gasteiger charge is -2.39. The molecule has 4 nitrogen and oxygen atoms in total. The van der Waals surface area contributed by atoms with Gasteiger partial charge in [-0.15, -0.1) is 0 Å². The van der Waals surface area contributed by atoms with Crippen molar-refractivity contribution in [1.82, 2.24) is 10.2 Å². The molecule has 0 spiro atoms. The maximum atomic E-state index is 12.2. The molecule has 1 saturated heterocycles. The van der Waals surface area contributed by atoms with Gasteiger partial charge in [0.15, 0.2) is 0 Å². The van der Waals surface area contributed by atoms with E-state index in [0.29, 0.717) is 23.8 Å². The first-order valence-corrected chi connectivity index (χ1v) is 8.25. The molecule has 2 atom stereocenters. The molecule has 2 heterocycles. The smallest absolute Gasteiger partial charge is 0.225 e. The van der Waals surface area contributed by atoms with Crippen molar-refractivity contribution in [3.8, 4) is 0 Å². The number of nitrogens with one attached hydrogen (secondary N) is 1. The van der Waals surface area contributed by atoms with Gasteiger partial charge < -0.3 is 14.6 Å². The number of rotatable bonds is 5. The number of amides is 1. The van der Waals surface area contributed by atoms with Crippen LogP contribution < -0.4 is 5.32 Å². The number of hydrogen-bond donors (Lipinski definition) is 1. The summed E-state index contributed by atoms with van der Waals surface area (Å²) in [4.78, 5) is 14.3. The minimum absolute atomic E-state index is 0.345. The van der Waals surface area contributed by atoms with Crippen molar-refractivity contribution in [3.05, 3.63) is 23.7 Å². The standard InChI is InChI=1S/C17H26N2O2/c1-3-13-11-19(17(20)14-5-6-14)9-8-16(13)18-10-15-7-4-12(2)21-15/h4,7,13-14,16,18H,3,5-6,8-11H2,1-2H3/t13-,16+/m0/s1. The molecule has 1 amide bonds. The van der Waals surface area contributed by atoms with Crippen LogP contribution in [-0.2, 0) is 11.3 Å². The minimum Gasteiger partial charge on any atom is -0.465 e.